The number of hydrogen-bond donors (Lipinski definition) is 1. The largest absolute Gasteiger partial charge is 0.495 e. The highest BCUT2D eigenvalue weighted by Gasteiger charge is 2.38. The van der Waals surface area contributed by atoms with Gasteiger partial charge in [-0.05, 0) is 18.2 Å². The Labute approximate surface area is 123 Å². The summed E-state index contributed by atoms with van der Waals surface area (Å²) in [6.07, 6.45) is 0.586. The summed E-state index contributed by atoms with van der Waals surface area (Å²) in [6.45, 7) is 1.73. The van der Waals surface area contributed by atoms with Crippen molar-refractivity contribution in [2.45, 2.75) is 19.8 Å². The summed E-state index contributed by atoms with van der Waals surface area (Å²) in [4.78, 5) is 25.3. The van der Waals surface area contributed by atoms with E-state index in [1.165, 1.54) is 12.0 Å². The van der Waals surface area contributed by atoms with E-state index in [9.17, 15) is 9.59 Å². The summed E-state index contributed by atoms with van der Waals surface area (Å²) in [7, 11) is 1.49. The van der Waals surface area contributed by atoms with E-state index in [0.29, 0.717) is 23.4 Å². The first-order chi connectivity index (χ1) is 10.1. The molecule has 5 heteroatoms. The molecule has 1 atom stereocenters. The fraction of sp³-hybridized carbons (Fsp3) is 0.375. The van der Waals surface area contributed by atoms with Gasteiger partial charge in [-0.2, -0.15) is 0 Å². The van der Waals surface area contributed by atoms with Gasteiger partial charge in [0.25, 0.3) is 0 Å². The Hall–Kier alpha value is -2.32. The van der Waals surface area contributed by atoms with Crippen LogP contribution in [0.15, 0.2) is 18.2 Å². The molecule has 5 nitrogen and oxygen atoms in total. The van der Waals surface area contributed by atoms with Gasteiger partial charge in [0, 0.05) is 24.3 Å². The van der Waals surface area contributed by atoms with Gasteiger partial charge < -0.3 is 9.84 Å². The number of carbonyl (C=O) groups excluding carboxylic acids is 2. The number of anilines is 1. The number of imide groups is 1. The maximum absolute atomic E-state index is 12.1. The maximum Gasteiger partial charge on any atom is 0.237 e. The van der Waals surface area contributed by atoms with Crippen LogP contribution in [0.3, 0.4) is 0 Å². The monoisotopic (exact) mass is 287 g/mol. The molecule has 1 aromatic carbocycles. The average Bonchev–Trinajstić information content (AvgIpc) is 2.72. The number of aliphatic hydroxyl groups excluding tert-OH is 1. The minimum Gasteiger partial charge on any atom is -0.495 e. The molecule has 21 heavy (non-hydrogen) atoms. The van der Waals surface area contributed by atoms with E-state index in [2.05, 4.69) is 11.8 Å². The van der Waals surface area contributed by atoms with Crippen LogP contribution in [0, 0.1) is 17.8 Å². The molecule has 1 heterocycles. The van der Waals surface area contributed by atoms with Crippen molar-refractivity contribution in [3.63, 3.8) is 0 Å². The topological polar surface area (TPSA) is 66.8 Å². The highest BCUT2D eigenvalue weighted by atomic mass is 16.5. The molecule has 0 aromatic heterocycles. The molecular formula is C16H17NO4. The first kappa shape index (κ1) is 15.1. The average molecular weight is 287 g/mol. The predicted molar refractivity (Wildman–Crippen MR) is 77.8 cm³/mol. The van der Waals surface area contributed by atoms with E-state index < -0.39 is 0 Å². The quantitative estimate of drug-likeness (QED) is 0.673. The molecule has 1 aliphatic rings. The first-order valence-electron chi connectivity index (χ1n) is 6.73. The second-order valence-electron chi connectivity index (χ2n) is 4.83. The summed E-state index contributed by atoms with van der Waals surface area (Å²) < 4.78 is 5.24. The Morgan fingerprint density at radius 1 is 1.43 bits per heavy atom. The van der Waals surface area contributed by atoms with Crippen molar-refractivity contribution in [3.05, 3.63) is 23.8 Å². The van der Waals surface area contributed by atoms with Gasteiger partial charge >= 0.3 is 0 Å². The van der Waals surface area contributed by atoms with E-state index in [4.69, 9.17) is 9.84 Å². The standard InChI is InChI=1S/C16H17NO4/c1-11-9-15(19)17(16(11)20)13-10-12(5-3-4-8-18)6-7-14(13)21-2/h6-7,10-11,18H,4,8-9H2,1-2H3. The van der Waals surface area contributed by atoms with Gasteiger partial charge in [0.05, 0.1) is 19.4 Å². The Balaban J connectivity index is 2.42. The van der Waals surface area contributed by atoms with E-state index in [0.717, 1.165) is 0 Å². The Bertz CT molecular complexity index is 627. The summed E-state index contributed by atoms with van der Waals surface area (Å²) in [6, 6.07) is 5.10. The molecule has 1 fully saturated rings. The van der Waals surface area contributed by atoms with Gasteiger partial charge in [0.1, 0.15) is 5.75 Å². The van der Waals surface area contributed by atoms with Crippen molar-refractivity contribution < 1.29 is 19.4 Å². The lowest BCUT2D eigenvalue weighted by Crippen LogP contribution is -2.30. The van der Waals surface area contributed by atoms with Crippen LogP contribution in [0.5, 0.6) is 5.75 Å². The molecule has 1 N–H and O–H groups in total. The zero-order valence-corrected chi connectivity index (χ0v) is 12.0. The van der Waals surface area contributed by atoms with Crippen LogP contribution in [-0.2, 0) is 9.59 Å². The van der Waals surface area contributed by atoms with Crippen molar-refractivity contribution >= 4 is 17.5 Å². The van der Waals surface area contributed by atoms with Gasteiger partial charge in [-0.1, -0.05) is 18.8 Å². The third-order valence-electron chi connectivity index (χ3n) is 3.26. The number of rotatable bonds is 3. The molecule has 0 aliphatic carbocycles. The normalized spacial score (nSPS) is 17.7. The number of amides is 2. The fourth-order valence-corrected chi connectivity index (χ4v) is 2.20. The Kier molecular flexibility index (Phi) is 4.61. The van der Waals surface area contributed by atoms with Crippen LogP contribution < -0.4 is 9.64 Å². The van der Waals surface area contributed by atoms with Crippen molar-refractivity contribution in [2.24, 2.45) is 5.92 Å². The molecule has 0 radical (unpaired) electrons. The minimum absolute atomic E-state index is 0.00335. The number of carbonyl (C=O) groups is 2. The second-order valence-corrected chi connectivity index (χ2v) is 4.83. The smallest absolute Gasteiger partial charge is 0.237 e. The molecular weight excluding hydrogens is 270 g/mol. The Morgan fingerprint density at radius 3 is 2.76 bits per heavy atom. The lowest BCUT2D eigenvalue weighted by atomic mass is 10.1. The van der Waals surface area contributed by atoms with E-state index in [1.807, 2.05) is 0 Å². The molecule has 2 rings (SSSR count). The number of benzene rings is 1. The molecule has 1 unspecified atom stereocenters. The highest BCUT2D eigenvalue weighted by Crippen LogP contribution is 2.34. The van der Waals surface area contributed by atoms with Gasteiger partial charge in [-0.15, -0.1) is 0 Å². The molecule has 110 valence electrons. The van der Waals surface area contributed by atoms with Crippen LogP contribution in [0.25, 0.3) is 0 Å². The minimum atomic E-state index is -0.314. The van der Waals surface area contributed by atoms with Gasteiger partial charge in [-0.25, -0.2) is 4.90 Å². The third kappa shape index (κ3) is 3.06. The zero-order chi connectivity index (χ0) is 15.4. The van der Waals surface area contributed by atoms with Gasteiger partial charge in [0.15, 0.2) is 0 Å². The molecule has 1 aromatic rings. The van der Waals surface area contributed by atoms with Crippen molar-refractivity contribution in [3.8, 4) is 17.6 Å². The predicted octanol–water partition coefficient (Wildman–Crippen LogP) is 1.33. The van der Waals surface area contributed by atoms with Crippen molar-refractivity contribution in [1.29, 1.82) is 0 Å². The van der Waals surface area contributed by atoms with E-state index >= 15 is 0 Å². The first-order valence-corrected chi connectivity index (χ1v) is 6.73. The summed E-state index contributed by atoms with van der Waals surface area (Å²) in [5, 5.41) is 8.73. The van der Waals surface area contributed by atoms with E-state index in [-0.39, 0.29) is 30.8 Å². The molecule has 1 saturated heterocycles. The number of methoxy groups -OCH3 is 1. The number of hydrogen-bond acceptors (Lipinski definition) is 4. The van der Waals surface area contributed by atoms with Crippen molar-refractivity contribution in [1.82, 2.24) is 0 Å². The molecule has 0 spiro atoms. The third-order valence-corrected chi connectivity index (χ3v) is 3.26. The lowest BCUT2D eigenvalue weighted by Gasteiger charge is -2.18. The lowest BCUT2D eigenvalue weighted by molar-refractivity contribution is -0.122. The number of nitrogens with zero attached hydrogens (tertiary/aromatic N) is 1. The zero-order valence-electron chi connectivity index (χ0n) is 12.0. The van der Waals surface area contributed by atoms with Crippen LogP contribution >= 0.6 is 0 Å². The van der Waals surface area contributed by atoms with Crippen LogP contribution in [0.2, 0.25) is 0 Å². The van der Waals surface area contributed by atoms with Crippen LogP contribution in [0.1, 0.15) is 25.3 Å². The summed E-state index contributed by atoms with van der Waals surface area (Å²) >= 11 is 0. The number of aliphatic hydroxyl groups is 1. The molecule has 0 saturated carbocycles. The second kappa shape index (κ2) is 6.42. The van der Waals surface area contributed by atoms with E-state index in [1.54, 1.807) is 25.1 Å². The molecule has 0 bridgehead atoms. The van der Waals surface area contributed by atoms with Crippen LogP contribution in [-0.4, -0.2) is 30.6 Å². The van der Waals surface area contributed by atoms with Gasteiger partial charge in [0.2, 0.25) is 11.8 Å². The maximum atomic E-state index is 12.1. The Morgan fingerprint density at radius 2 is 2.19 bits per heavy atom. The van der Waals surface area contributed by atoms with Crippen LogP contribution in [0.4, 0.5) is 5.69 Å². The highest BCUT2D eigenvalue weighted by molar-refractivity contribution is 6.21. The summed E-state index contributed by atoms with van der Waals surface area (Å²) in [5.41, 5.74) is 1.09. The molecule has 2 amide bonds. The fourth-order valence-electron chi connectivity index (χ4n) is 2.20. The van der Waals surface area contributed by atoms with Gasteiger partial charge in [-0.3, -0.25) is 9.59 Å². The van der Waals surface area contributed by atoms with Crippen molar-refractivity contribution in [2.75, 3.05) is 18.6 Å². The molecule has 1 aliphatic heterocycles. The summed E-state index contributed by atoms with van der Waals surface area (Å²) in [5.74, 6) is 5.39. The number of ether oxygens (including phenoxy) is 1. The SMILES string of the molecule is COc1ccc(C#CCCO)cc1N1C(=O)CC(C)C1=O.